The molecule has 8 heteroatoms. The molecule has 102 valence electrons. The molecule has 0 radical (unpaired) electrons. The molecule has 0 fully saturated rings. The molecule has 0 atom stereocenters. The van der Waals surface area contributed by atoms with Crippen LogP contribution < -0.4 is 40.7 Å². The van der Waals surface area contributed by atoms with E-state index in [9.17, 15) is 0 Å². The fourth-order valence-electron chi connectivity index (χ4n) is 0.933. The quantitative estimate of drug-likeness (QED) is 0.139. The molecule has 16 heavy (non-hydrogen) atoms. The number of nitrogens with two attached hydrogens (primary N) is 2. The maximum absolute atomic E-state index is 5.32. The van der Waals surface area contributed by atoms with Crippen LogP contribution in [0.25, 0.3) is 0 Å². The Morgan fingerprint density at radius 2 is 0.938 bits per heavy atom. The maximum atomic E-state index is 5.32. The van der Waals surface area contributed by atoms with Crippen molar-refractivity contribution in [3.63, 3.8) is 0 Å². The van der Waals surface area contributed by atoms with Crippen molar-refractivity contribution in [2.24, 2.45) is 11.5 Å². The molecular weight excluding hydrogens is 547 g/mol. The minimum Gasteiger partial charge on any atom is -0.329 e. The Hall–Kier alpha value is 1.99. The first-order chi connectivity index (χ1) is 7.83. The Labute approximate surface area is 129 Å². The molecule has 0 aromatic rings. The number of hydrogen-bond donors (Lipinski definition) is 5. The number of nitrogens with one attached hydrogen (secondary N) is 3. The van der Waals surface area contributed by atoms with E-state index in [1.165, 1.54) is 0 Å². The van der Waals surface area contributed by atoms with Crippen molar-refractivity contribution in [2.45, 2.75) is 0 Å². The van der Waals surface area contributed by atoms with Crippen LogP contribution in [0.5, 0.6) is 0 Å². The van der Waals surface area contributed by atoms with Crippen LogP contribution in [0.15, 0.2) is 0 Å². The van der Waals surface area contributed by atoms with Crippen LogP contribution in [0.3, 0.4) is 0 Å². The van der Waals surface area contributed by atoms with Crippen molar-refractivity contribution < 1.29 is 13.3 Å². The fraction of sp³-hybridized carbons (Fsp3) is 1.00. The molecule has 0 amide bonds. The van der Waals surface area contributed by atoms with Crippen molar-refractivity contribution in [1.29, 1.82) is 0 Å². The van der Waals surface area contributed by atoms with E-state index in [0.717, 1.165) is 39.3 Å². The summed E-state index contributed by atoms with van der Waals surface area (Å²) in [4.78, 5) is 0. The Bertz CT molecular complexity index is 99.7. The van der Waals surface area contributed by atoms with E-state index in [4.69, 9.17) is 11.5 Å². The van der Waals surface area contributed by atoms with Gasteiger partial charge in [0.25, 0.3) is 0 Å². The van der Waals surface area contributed by atoms with Gasteiger partial charge in [0.15, 0.2) is 0 Å². The van der Waals surface area contributed by atoms with Gasteiger partial charge in [-0.1, -0.05) is 0 Å². The average molecular weight is 570 g/mol. The minimum absolute atomic E-state index is 0.530. The molecule has 0 aliphatic rings. The molecule has 5 nitrogen and oxygen atoms in total. The van der Waals surface area contributed by atoms with E-state index in [1.807, 2.05) is 0 Å². The van der Waals surface area contributed by atoms with Crippen molar-refractivity contribution in [3.05, 3.63) is 0 Å². The van der Waals surface area contributed by atoms with E-state index in [2.05, 4.69) is 53.2 Å². The molecule has 0 aliphatic carbocycles. The second-order valence-corrected chi connectivity index (χ2v) is 19.1. The van der Waals surface area contributed by atoms with Crippen LogP contribution in [0.2, 0.25) is 0 Å². The molecule has 0 aromatic carbocycles. The molecule has 0 saturated heterocycles. The van der Waals surface area contributed by atoms with Gasteiger partial charge in [-0.25, -0.2) is 0 Å². The van der Waals surface area contributed by atoms with Crippen LogP contribution in [-0.4, -0.2) is 52.4 Å². The molecule has 0 aromatic heterocycles. The molecule has 7 N–H and O–H groups in total. The zero-order valence-electron chi connectivity index (χ0n) is 9.45. The average Bonchev–Trinajstić information content (AvgIpc) is 2.28. The largest absolute Gasteiger partial charge is 0.329 e. The number of hydrogen-bond acceptors (Lipinski definition) is 5. The van der Waals surface area contributed by atoms with Crippen LogP contribution in [0.1, 0.15) is 0 Å². The second-order valence-electron chi connectivity index (χ2n) is 2.88. The van der Waals surface area contributed by atoms with Gasteiger partial charge in [-0.05, 0) is 0 Å². The van der Waals surface area contributed by atoms with Crippen molar-refractivity contribution in [2.75, 3.05) is 52.4 Å². The van der Waals surface area contributed by atoms with Gasteiger partial charge in [0.2, 0.25) is 0 Å². The fourth-order valence-corrected chi connectivity index (χ4v) is 0.933. The summed E-state index contributed by atoms with van der Waals surface area (Å²) in [6.07, 6.45) is 0. The topological polar surface area (TPSA) is 88.1 Å². The van der Waals surface area contributed by atoms with E-state index < -0.39 is 0 Å². The Morgan fingerprint density at radius 3 is 1.19 bits per heavy atom. The first kappa shape index (κ1) is 20.3. The van der Waals surface area contributed by atoms with Gasteiger partial charge in [-0.3, -0.25) is 0 Å². The Kier molecular flexibility index (Phi) is 28.2. The molecular formula is C8H23I3N5-. The monoisotopic (exact) mass is 570 g/mol. The summed E-state index contributed by atoms with van der Waals surface area (Å²) in [6, 6.07) is 0. The van der Waals surface area contributed by atoms with Crippen molar-refractivity contribution >= 4 is 37.2 Å². The molecule has 0 aliphatic heterocycles. The molecule has 0 unspecified atom stereocenters. The van der Waals surface area contributed by atoms with Crippen LogP contribution in [0.4, 0.5) is 0 Å². The van der Waals surface area contributed by atoms with Gasteiger partial charge < -0.3 is 27.4 Å². The Balaban J connectivity index is 0. The normalized spacial score (nSPS) is 10.0. The summed E-state index contributed by atoms with van der Waals surface area (Å²) < 4.78 is 0. The third kappa shape index (κ3) is 25.0. The SMILES string of the molecule is I[I-]I.NCCNCCNCCNCCN. The molecule has 0 heterocycles. The summed E-state index contributed by atoms with van der Waals surface area (Å²) in [5.74, 6) is 0. The van der Waals surface area contributed by atoms with Crippen LogP contribution in [0, 0.1) is 0 Å². The summed E-state index contributed by atoms with van der Waals surface area (Å²) in [5.41, 5.74) is 10.6. The smallest absolute Gasteiger partial charge is 0.00772 e. The van der Waals surface area contributed by atoms with Gasteiger partial charge in [0.1, 0.15) is 0 Å². The minimum atomic E-state index is 0.530. The molecule has 0 rings (SSSR count). The van der Waals surface area contributed by atoms with Gasteiger partial charge in [-0.2, -0.15) is 0 Å². The molecule has 0 spiro atoms. The van der Waals surface area contributed by atoms with Crippen LogP contribution >= 0.6 is 37.2 Å². The third-order valence-corrected chi connectivity index (χ3v) is 1.60. The van der Waals surface area contributed by atoms with Gasteiger partial charge in [0, 0.05) is 52.4 Å². The standard InChI is InChI=1S/C8H23N5.I3/c9-1-3-11-5-7-13-8-6-12-4-2-10;1-3-2/h11-13H,1-10H2;/q;-1. The van der Waals surface area contributed by atoms with Gasteiger partial charge in [0.05, 0.1) is 0 Å². The van der Waals surface area contributed by atoms with Gasteiger partial charge in [-0.15, -0.1) is 0 Å². The van der Waals surface area contributed by atoms with Crippen LogP contribution in [-0.2, 0) is 0 Å². The van der Waals surface area contributed by atoms with Gasteiger partial charge >= 0.3 is 50.5 Å². The van der Waals surface area contributed by atoms with E-state index in [-0.39, 0.29) is 0 Å². The first-order valence-electron chi connectivity index (χ1n) is 5.22. The molecule has 0 saturated carbocycles. The van der Waals surface area contributed by atoms with E-state index in [1.54, 1.807) is 0 Å². The zero-order chi connectivity index (χ0) is 12.5. The molecule has 0 bridgehead atoms. The summed E-state index contributed by atoms with van der Waals surface area (Å²) >= 11 is 5.30. The summed E-state index contributed by atoms with van der Waals surface area (Å²) in [6.45, 7) is 7.15. The zero-order valence-corrected chi connectivity index (χ0v) is 15.9. The predicted molar refractivity (Wildman–Crippen MR) is 84.8 cm³/mol. The second kappa shape index (κ2) is 22.2. The van der Waals surface area contributed by atoms with Crippen molar-refractivity contribution in [3.8, 4) is 0 Å². The Morgan fingerprint density at radius 1 is 0.688 bits per heavy atom. The maximum Gasteiger partial charge on any atom is 0.00772 e. The predicted octanol–water partition coefficient (Wildman–Crippen LogP) is -3.55. The summed E-state index contributed by atoms with van der Waals surface area (Å²) in [7, 11) is 0. The van der Waals surface area contributed by atoms with E-state index in [0.29, 0.717) is 26.3 Å². The number of rotatable bonds is 10. The third-order valence-electron chi connectivity index (χ3n) is 1.60. The van der Waals surface area contributed by atoms with E-state index >= 15 is 0 Å². The summed E-state index contributed by atoms with van der Waals surface area (Å²) in [5, 5.41) is 9.71. The van der Waals surface area contributed by atoms with Crippen molar-refractivity contribution in [1.82, 2.24) is 16.0 Å². The first-order valence-corrected chi connectivity index (χ1v) is 17.8. The number of halogens is 3.